The smallest absolute Gasteiger partial charge is 0.248 e. The Bertz CT molecular complexity index is 331. The summed E-state index contributed by atoms with van der Waals surface area (Å²) >= 11 is 0. The molecule has 0 aromatic carbocycles. The summed E-state index contributed by atoms with van der Waals surface area (Å²) in [6.07, 6.45) is 2.21. The van der Waals surface area contributed by atoms with Crippen LogP contribution in [0.15, 0.2) is 12.7 Å². The van der Waals surface area contributed by atoms with E-state index in [9.17, 15) is 9.90 Å². The van der Waals surface area contributed by atoms with Crippen LogP contribution in [0.1, 0.15) is 27.2 Å². The largest absolute Gasteiger partial charge is 0.391 e. The highest BCUT2D eigenvalue weighted by atomic mass is 16.5. The van der Waals surface area contributed by atoms with Crippen molar-refractivity contribution in [3.8, 4) is 0 Å². The molecule has 1 saturated heterocycles. The van der Waals surface area contributed by atoms with E-state index in [2.05, 4.69) is 11.5 Å². The molecule has 0 saturated carbocycles. The highest BCUT2D eigenvalue weighted by Gasteiger charge is 2.27. The molecule has 1 rings (SSSR count). The SMILES string of the molecule is C=CCCOCC(=O)N1CCN(C[C@H](O)C(C)(C)C)CC1. The van der Waals surface area contributed by atoms with E-state index in [0.717, 1.165) is 19.5 Å². The fourth-order valence-corrected chi connectivity index (χ4v) is 2.12. The van der Waals surface area contributed by atoms with E-state index in [-0.39, 0.29) is 24.0 Å². The molecular weight excluding hydrogens is 268 g/mol. The number of aliphatic hydroxyl groups is 1. The number of nitrogens with zero attached hydrogens (tertiary/aromatic N) is 2. The molecule has 1 amide bonds. The van der Waals surface area contributed by atoms with Crippen molar-refractivity contribution in [2.24, 2.45) is 5.41 Å². The molecule has 0 unspecified atom stereocenters. The second-order valence-corrected chi connectivity index (χ2v) is 6.69. The van der Waals surface area contributed by atoms with Crippen LogP contribution in [0.4, 0.5) is 0 Å². The molecule has 1 aliphatic heterocycles. The van der Waals surface area contributed by atoms with Crippen molar-refractivity contribution >= 4 is 5.91 Å². The molecule has 1 heterocycles. The number of carbonyl (C=O) groups excluding carboxylic acids is 1. The Morgan fingerprint density at radius 1 is 1.33 bits per heavy atom. The Balaban J connectivity index is 2.25. The average Bonchev–Trinajstić information content (AvgIpc) is 2.43. The highest BCUT2D eigenvalue weighted by Crippen LogP contribution is 2.20. The molecule has 0 radical (unpaired) electrons. The second-order valence-electron chi connectivity index (χ2n) is 6.69. The minimum absolute atomic E-state index is 0.0510. The number of β-amino-alcohol motifs (C(OH)–C–C–N with tert-alkyl or cyclic N) is 1. The lowest BCUT2D eigenvalue weighted by Crippen LogP contribution is -2.52. The Morgan fingerprint density at radius 2 is 1.95 bits per heavy atom. The maximum atomic E-state index is 12.0. The van der Waals surface area contributed by atoms with E-state index in [1.165, 1.54) is 0 Å². The van der Waals surface area contributed by atoms with Gasteiger partial charge in [-0.05, 0) is 11.8 Å². The first-order valence-electron chi connectivity index (χ1n) is 7.71. The predicted octanol–water partition coefficient (Wildman–Crippen LogP) is 1.13. The highest BCUT2D eigenvalue weighted by molar-refractivity contribution is 5.77. The van der Waals surface area contributed by atoms with Crippen molar-refractivity contribution < 1.29 is 14.6 Å². The maximum Gasteiger partial charge on any atom is 0.248 e. The molecule has 21 heavy (non-hydrogen) atoms. The summed E-state index contributed by atoms with van der Waals surface area (Å²) in [4.78, 5) is 16.0. The molecule has 0 aromatic rings. The molecule has 5 nitrogen and oxygen atoms in total. The molecule has 1 atom stereocenters. The molecule has 0 spiro atoms. The summed E-state index contributed by atoms with van der Waals surface area (Å²) in [7, 11) is 0. The maximum absolute atomic E-state index is 12.0. The number of hydrogen-bond donors (Lipinski definition) is 1. The van der Waals surface area contributed by atoms with E-state index < -0.39 is 0 Å². The Kier molecular flexibility index (Phi) is 7.35. The van der Waals surface area contributed by atoms with Gasteiger partial charge in [0.2, 0.25) is 5.91 Å². The van der Waals surface area contributed by atoms with Crippen LogP contribution >= 0.6 is 0 Å². The first-order valence-corrected chi connectivity index (χ1v) is 7.71. The van der Waals surface area contributed by atoms with Gasteiger partial charge in [-0.15, -0.1) is 6.58 Å². The summed E-state index contributed by atoms with van der Waals surface area (Å²) in [6.45, 7) is 14.1. The number of piperazine rings is 1. The lowest BCUT2D eigenvalue weighted by molar-refractivity contribution is -0.138. The van der Waals surface area contributed by atoms with E-state index >= 15 is 0 Å². The van der Waals surface area contributed by atoms with Crippen LogP contribution in [-0.2, 0) is 9.53 Å². The Hall–Kier alpha value is -0.910. The van der Waals surface area contributed by atoms with Crippen molar-refractivity contribution in [1.29, 1.82) is 0 Å². The summed E-state index contributed by atoms with van der Waals surface area (Å²) in [5.41, 5.74) is -0.105. The Morgan fingerprint density at radius 3 is 2.48 bits per heavy atom. The van der Waals surface area contributed by atoms with Gasteiger partial charge in [0.15, 0.2) is 0 Å². The van der Waals surface area contributed by atoms with Gasteiger partial charge in [0, 0.05) is 32.7 Å². The number of aliphatic hydroxyl groups excluding tert-OH is 1. The molecule has 0 bridgehead atoms. The van der Waals surface area contributed by atoms with Gasteiger partial charge in [0.05, 0.1) is 12.7 Å². The van der Waals surface area contributed by atoms with E-state index in [0.29, 0.717) is 26.2 Å². The van der Waals surface area contributed by atoms with Gasteiger partial charge in [-0.1, -0.05) is 26.8 Å². The molecule has 5 heteroatoms. The molecule has 1 fully saturated rings. The van der Waals surface area contributed by atoms with Gasteiger partial charge < -0.3 is 14.7 Å². The van der Waals surface area contributed by atoms with Crippen molar-refractivity contribution in [2.45, 2.75) is 33.3 Å². The zero-order valence-corrected chi connectivity index (χ0v) is 13.7. The van der Waals surface area contributed by atoms with Crippen LogP contribution in [0.25, 0.3) is 0 Å². The van der Waals surface area contributed by atoms with Crippen LogP contribution in [-0.4, -0.2) is 72.9 Å². The standard InChI is InChI=1S/C16H30N2O3/c1-5-6-11-21-13-15(20)18-9-7-17(8-10-18)12-14(19)16(2,3)4/h5,14,19H,1,6-13H2,2-4H3/t14-/m0/s1. The van der Waals surface area contributed by atoms with Gasteiger partial charge in [-0.2, -0.15) is 0 Å². The third-order valence-electron chi connectivity index (χ3n) is 3.85. The third-order valence-corrected chi connectivity index (χ3v) is 3.85. The first-order chi connectivity index (χ1) is 9.84. The van der Waals surface area contributed by atoms with Gasteiger partial charge in [-0.25, -0.2) is 0 Å². The van der Waals surface area contributed by atoms with Gasteiger partial charge in [-0.3, -0.25) is 9.69 Å². The summed E-state index contributed by atoms with van der Waals surface area (Å²) in [6, 6.07) is 0. The first kappa shape index (κ1) is 18.1. The van der Waals surface area contributed by atoms with Crippen molar-refractivity contribution in [3.05, 3.63) is 12.7 Å². The third kappa shape index (κ3) is 6.59. The lowest BCUT2D eigenvalue weighted by atomic mass is 9.89. The minimum Gasteiger partial charge on any atom is -0.391 e. The van der Waals surface area contributed by atoms with E-state index in [1.807, 2.05) is 25.7 Å². The monoisotopic (exact) mass is 298 g/mol. The van der Waals surface area contributed by atoms with Crippen molar-refractivity contribution in [2.75, 3.05) is 45.9 Å². The Labute approximate surface area is 128 Å². The van der Waals surface area contributed by atoms with Crippen molar-refractivity contribution in [1.82, 2.24) is 9.80 Å². The summed E-state index contributed by atoms with van der Waals surface area (Å²) in [5, 5.41) is 10.1. The van der Waals surface area contributed by atoms with E-state index in [1.54, 1.807) is 6.08 Å². The zero-order valence-electron chi connectivity index (χ0n) is 13.7. The molecule has 0 aliphatic carbocycles. The van der Waals surface area contributed by atoms with Crippen LogP contribution in [0.5, 0.6) is 0 Å². The number of hydrogen-bond acceptors (Lipinski definition) is 4. The van der Waals surface area contributed by atoms with Gasteiger partial charge >= 0.3 is 0 Å². The van der Waals surface area contributed by atoms with Gasteiger partial charge in [0.1, 0.15) is 6.61 Å². The normalized spacial score (nSPS) is 18.6. The zero-order chi connectivity index (χ0) is 15.9. The number of carbonyl (C=O) groups is 1. The quantitative estimate of drug-likeness (QED) is 0.565. The van der Waals surface area contributed by atoms with Crippen LogP contribution in [0, 0.1) is 5.41 Å². The number of rotatable bonds is 7. The number of ether oxygens (including phenoxy) is 1. The molecular formula is C16H30N2O3. The van der Waals surface area contributed by atoms with E-state index in [4.69, 9.17) is 4.74 Å². The van der Waals surface area contributed by atoms with Crippen molar-refractivity contribution in [3.63, 3.8) is 0 Å². The predicted molar refractivity (Wildman–Crippen MR) is 84.1 cm³/mol. The molecule has 0 aromatic heterocycles. The lowest BCUT2D eigenvalue weighted by Gasteiger charge is -2.38. The molecule has 1 N–H and O–H groups in total. The second kappa shape index (κ2) is 8.51. The molecule has 1 aliphatic rings. The topological polar surface area (TPSA) is 53.0 Å². The minimum atomic E-state index is -0.345. The summed E-state index contributed by atoms with van der Waals surface area (Å²) < 4.78 is 5.31. The fourth-order valence-electron chi connectivity index (χ4n) is 2.12. The fraction of sp³-hybridized carbons (Fsp3) is 0.812. The molecule has 122 valence electrons. The average molecular weight is 298 g/mol. The van der Waals surface area contributed by atoms with Crippen LogP contribution in [0.2, 0.25) is 0 Å². The van der Waals surface area contributed by atoms with Crippen LogP contribution in [0.3, 0.4) is 0 Å². The number of amides is 1. The van der Waals surface area contributed by atoms with Crippen LogP contribution < -0.4 is 0 Å². The summed E-state index contributed by atoms with van der Waals surface area (Å²) in [5.74, 6) is 0.0510. The van der Waals surface area contributed by atoms with Gasteiger partial charge in [0.25, 0.3) is 0 Å².